The molecule has 2 saturated heterocycles. The smallest absolute Gasteiger partial charge is 0.341 e. The molecule has 0 radical (unpaired) electrons. The first-order chi connectivity index (χ1) is 55.2. The third kappa shape index (κ3) is 35.1. The molecule has 117 heavy (non-hydrogen) atoms. The SMILES string of the molecule is CCCCCCCCCCCCC[C@H](CC(=O)O)OC(=O)[C@H](CCCN)NC(=O)[C@@H](NC(=O)CNC(=O)[C@@H](NC(=O)[C@@H]1CCCN1C(=O)[C@@H](NC(=O)[C@@H](NC(=O)[C@@H]1CCCN1C(=O)[C@@H](NC(=O)[C@H](Cc1ccc(OCC(=O)O)c(NC(=O)CCN)c1)NC(=O)[C@@H](C)NC(=O)[C@@H](N)[C@@H](C)O)C(C)C)[C@@H](C)O)[C@@H](C)O)[C@H](O)CC(N)=O)[C@@H](C)O. The molecule has 25 N–H and O–H groups in total. The van der Waals surface area contributed by atoms with Gasteiger partial charge in [-0.15, -0.1) is 0 Å². The quantitative estimate of drug-likeness (QED) is 0.0216. The second-order valence-electron chi connectivity index (χ2n) is 30.1. The molecule has 2 heterocycles. The summed E-state index contributed by atoms with van der Waals surface area (Å²) < 4.78 is 11.0. The van der Waals surface area contributed by atoms with Crippen LogP contribution in [0.5, 0.6) is 5.75 Å². The summed E-state index contributed by atoms with van der Waals surface area (Å²) in [7, 11) is 0. The Morgan fingerprint density at radius 2 is 1.04 bits per heavy atom. The second-order valence-corrected chi connectivity index (χ2v) is 30.1. The molecule has 41 nitrogen and oxygen atoms in total. The van der Waals surface area contributed by atoms with Gasteiger partial charge in [0.2, 0.25) is 76.8 Å². The van der Waals surface area contributed by atoms with E-state index in [-0.39, 0.29) is 94.5 Å². The number of esters is 1. The molecule has 13 amide bonds. The maximum absolute atomic E-state index is 14.8. The molecular weight excluding hydrogens is 1540 g/mol. The van der Waals surface area contributed by atoms with Crippen LogP contribution in [0, 0.1) is 5.92 Å². The number of nitrogens with zero attached hydrogens (tertiary/aromatic N) is 2. The zero-order valence-electron chi connectivity index (χ0n) is 68.1. The molecule has 0 bridgehead atoms. The van der Waals surface area contributed by atoms with Crippen LogP contribution in [0.1, 0.15) is 196 Å². The first-order valence-corrected chi connectivity index (χ1v) is 40.0. The molecule has 2 fully saturated rings. The van der Waals surface area contributed by atoms with Crippen LogP contribution >= 0.6 is 0 Å². The Morgan fingerprint density at radius 3 is 1.56 bits per heavy atom. The average Bonchev–Trinajstić information content (AvgIpc) is 1.75. The van der Waals surface area contributed by atoms with E-state index in [1.165, 1.54) is 64.2 Å². The highest BCUT2D eigenvalue weighted by atomic mass is 16.5. The van der Waals surface area contributed by atoms with Crippen LogP contribution in [-0.4, -0.2) is 283 Å². The molecule has 0 unspecified atom stereocenters. The highest BCUT2D eigenvalue weighted by Gasteiger charge is 2.45. The van der Waals surface area contributed by atoms with Crippen molar-refractivity contribution < 1.29 is 122 Å². The van der Waals surface area contributed by atoms with E-state index in [4.69, 9.17) is 32.4 Å². The van der Waals surface area contributed by atoms with Crippen molar-refractivity contribution >= 4 is 100 Å². The fourth-order valence-corrected chi connectivity index (χ4v) is 13.1. The summed E-state index contributed by atoms with van der Waals surface area (Å²) >= 11 is 0. The number of rotatable bonds is 55. The van der Waals surface area contributed by atoms with Crippen LogP contribution in [0.4, 0.5) is 5.69 Å². The number of benzene rings is 1. The number of hydrogen-bond donors (Lipinski definition) is 21. The lowest BCUT2D eigenvalue weighted by Gasteiger charge is -2.33. The van der Waals surface area contributed by atoms with Gasteiger partial charge in [0.1, 0.15) is 78.3 Å². The van der Waals surface area contributed by atoms with Gasteiger partial charge in [0.05, 0.1) is 55.6 Å². The first kappa shape index (κ1) is 101. The highest BCUT2D eigenvalue weighted by molar-refractivity contribution is 6.00. The minimum Gasteiger partial charge on any atom is -0.481 e. The number of nitrogens with one attached hydrogen (secondary N) is 10. The van der Waals surface area contributed by atoms with Crippen LogP contribution in [0.15, 0.2) is 18.2 Å². The van der Waals surface area contributed by atoms with Gasteiger partial charge >= 0.3 is 17.9 Å². The van der Waals surface area contributed by atoms with Gasteiger partial charge in [0.15, 0.2) is 6.61 Å². The minimum absolute atomic E-state index is 0.0307. The highest BCUT2D eigenvalue weighted by Crippen LogP contribution is 2.29. The maximum Gasteiger partial charge on any atom is 0.341 e. The number of anilines is 1. The summed E-state index contributed by atoms with van der Waals surface area (Å²) in [5.74, 6) is -17.9. The number of likely N-dealkylation sites (tertiary alicyclic amines) is 2. The lowest BCUT2D eigenvalue weighted by molar-refractivity contribution is -0.157. The largest absolute Gasteiger partial charge is 0.481 e. The van der Waals surface area contributed by atoms with Gasteiger partial charge in [-0.05, 0) is 116 Å². The van der Waals surface area contributed by atoms with E-state index in [0.29, 0.717) is 6.42 Å². The van der Waals surface area contributed by atoms with Crippen LogP contribution in [0.2, 0.25) is 0 Å². The molecule has 660 valence electrons. The molecule has 0 aromatic heterocycles. The summed E-state index contributed by atoms with van der Waals surface area (Å²) in [4.78, 5) is 218. The first-order valence-electron chi connectivity index (χ1n) is 40.0. The van der Waals surface area contributed by atoms with E-state index >= 15 is 0 Å². The zero-order valence-corrected chi connectivity index (χ0v) is 68.1. The number of primary amides is 1. The number of hydrogen-bond acceptors (Lipinski definition) is 26. The van der Waals surface area contributed by atoms with Crippen LogP contribution in [0.25, 0.3) is 0 Å². The van der Waals surface area contributed by atoms with E-state index < -0.39 is 236 Å². The predicted octanol–water partition coefficient (Wildman–Crippen LogP) is -4.45. The minimum atomic E-state index is -2.10. The Kier molecular flexibility index (Phi) is 45.2. The number of ether oxygens (including phenoxy) is 2. The summed E-state index contributed by atoms with van der Waals surface area (Å²) in [6.07, 6.45) is 0.157. The molecule has 1 aromatic rings. The van der Waals surface area contributed by atoms with Crippen molar-refractivity contribution in [1.29, 1.82) is 0 Å². The van der Waals surface area contributed by atoms with Gasteiger partial charge in [0, 0.05) is 32.5 Å². The number of aliphatic hydroxyl groups is 5. The molecule has 2 aliphatic rings. The van der Waals surface area contributed by atoms with Crippen molar-refractivity contribution in [2.45, 2.75) is 300 Å². The molecule has 0 saturated carbocycles. The van der Waals surface area contributed by atoms with Gasteiger partial charge in [-0.2, -0.15) is 0 Å². The number of amides is 13. The zero-order chi connectivity index (χ0) is 87.9. The molecule has 0 aliphatic carbocycles. The summed E-state index contributed by atoms with van der Waals surface area (Å²) in [6.45, 7) is 8.94. The molecule has 41 heteroatoms. The molecule has 17 atom stereocenters. The average molecular weight is 1660 g/mol. The van der Waals surface area contributed by atoms with Gasteiger partial charge in [-0.25, -0.2) is 9.59 Å². The number of nitrogens with two attached hydrogens (primary N) is 4. The predicted molar refractivity (Wildman–Crippen MR) is 420 cm³/mol. The Morgan fingerprint density at radius 1 is 0.521 bits per heavy atom. The second kappa shape index (κ2) is 52.1. The summed E-state index contributed by atoms with van der Waals surface area (Å²) in [5.41, 5.74) is 22.6. The van der Waals surface area contributed by atoms with Crippen molar-refractivity contribution in [3.8, 4) is 5.75 Å². The Hall–Kier alpha value is -9.78. The monoisotopic (exact) mass is 1660 g/mol. The van der Waals surface area contributed by atoms with Crippen molar-refractivity contribution in [3.05, 3.63) is 23.8 Å². The summed E-state index contributed by atoms with van der Waals surface area (Å²) in [6, 6.07) is -14.0. The van der Waals surface area contributed by atoms with Gasteiger partial charge < -0.3 is 131 Å². The third-order valence-corrected chi connectivity index (χ3v) is 19.7. The number of carbonyl (C=O) groups is 16. The summed E-state index contributed by atoms with van der Waals surface area (Å²) in [5, 5.41) is 96.7. The topological polar surface area (TPSA) is 664 Å². The van der Waals surface area contributed by atoms with Crippen molar-refractivity contribution in [3.63, 3.8) is 0 Å². The van der Waals surface area contributed by atoms with Crippen LogP contribution < -0.4 is 80.8 Å². The maximum atomic E-state index is 14.8. The van der Waals surface area contributed by atoms with Crippen LogP contribution in [-0.2, 0) is 87.9 Å². The number of carboxylic acid groups (broad SMARTS) is 2. The molecule has 3 rings (SSSR count). The Balaban J connectivity index is 1.80. The van der Waals surface area contributed by atoms with Crippen molar-refractivity contribution in [2.75, 3.05) is 44.6 Å². The number of aliphatic carboxylic acids is 2. The van der Waals surface area contributed by atoms with Gasteiger partial charge in [0.25, 0.3) is 0 Å². The molecular formula is C76H126N16O25. The Bertz CT molecular complexity index is 3490. The fraction of sp³-hybridized carbons (Fsp3) is 0.711. The molecule has 1 aromatic carbocycles. The Labute approximate surface area is 680 Å². The van der Waals surface area contributed by atoms with Gasteiger partial charge in [-0.1, -0.05) is 91.0 Å². The van der Waals surface area contributed by atoms with Crippen molar-refractivity contribution in [2.24, 2.45) is 28.9 Å². The molecule has 0 spiro atoms. The van der Waals surface area contributed by atoms with E-state index in [0.717, 1.165) is 62.7 Å². The lowest BCUT2D eigenvalue weighted by Crippen LogP contribution is -2.63. The third-order valence-electron chi connectivity index (χ3n) is 19.7. The van der Waals surface area contributed by atoms with Gasteiger partial charge in [-0.3, -0.25) is 67.1 Å². The number of unbranched alkanes of at least 4 members (excludes halogenated alkanes) is 10. The normalized spacial score (nSPS) is 17.8. The fourth-order valence-electron chi connectivity index (χ4n) is 13.1. The number of carboxylic acids is 2. The number of aliphatic hydroxyl groups excluding tert-OH is 5. The van der Waals surface area contributed by atoms with E-state index in [2.05, 4.69) is 60.1 Å². The van der Waals surface area contributed by atoms with E-state index in [1.807, 2.05) is 0 Å². The standard InChI is InChI=1S/C76H126N16O25/c1-9-10-11-12-13-14-15-16-17-18-19-23-47(36-58(101)102)117-76(115)48(24-20-30-77)84-72(111)62(43(6)94)86-57(100)38-81-71(110)65(53(97)37-55(79)98)90-69(108)52-26-22-33-92(52)75(114)64(45(8)96)89-73(112)63(44(7)95)88-68(107)51-25-21-32-91(51)74(113)61(40(2)3)87-67(106)50(85-66(105)41(4)82-70(109)60(80)42(5)93)35-46-27-28-54(116-39-59(103)104)49(34-46)83-56(99)29-31-78/h27-28,34,40-45,47-48,50-53,60-65,93-97H,9-26,29-33,35-39,77-78,80H2,1-8H3,(H2,79,98)(H,81,110)(H,82,109)(H,83,99)(H,84,111)(H,85,105)(H,86,100)(H,87,106)(H,88,107)(H,89,112)(H,90,108)(H,101,102)(H,103,104)/t41-,42-,43-,44-,45-,47-,48+,50+,51+,52+,53-,60+,61+,62+,63+,64+,65+/m1/s1. The number of carbonyl (C=O) groups excluding carboxylic acids is 14. The van der Waals surface area contributed by atoms with E-state index in [1.54, 1.807) is 13.8 Å². The van der Waals surface area contributed by atoms with Crippen LogP contribution in [0.3, 0.4) is 0 Å². The van der Waals surface area contributed by atoms with Crippen molar-refractivity contribution in [1.82, 2.24) is 57.7 Å². The molecule has 2 aliphatic heterocycles. The van der Waals surface area contributed by atoms with E-state index in [9.17, 15) is 112 Å². The lowest BCUT2D eigenvalue weighted by atomic mass is 9.99.